The number of unbranched alkanes of at least 4 members (excludes halogenated alkanes) is 1. The Kier molecular flexibility index (Phi) is 8.96. The fourth-order valence-corrected chi connectivity index (χ4v) is 5.34. The van der Waals surface area contributed by atoms with Crippen molar-refractivity contribution < 1.29 is 39.1 Å². The van der Waals surface area contributed by atoms with Gasteiger partial charge in [0.05, 0.1) is 32.3 Å². The van der Waals surface area contributed by atoms with Crippen molar-refractivity contribution in [2.24, 2.45) is 11.7 Å². The summed E-state index contributed by atoms with van der Waals surface area (Å²) in [5, 5.41) is 31.8. The van der Waals surface area contributed by atoms with Gasteiger partial charge in [0.25, 0.3) is 0 Å². The summed E-state index contributed by atoms with van der Waals surface area (Å²) >= 11 is 0. The minimum absolute atomic E-state index is 0.0918. The molecule has 2 aliphatic rings. The second-order valence-electron chi connectivity index (χ2n) is 9.47. The molecule has 0 saturated heterocycles. The van der Waals surface area contributed by atoms with Crippen molar-refractivity contribution >= 4 is 5.91 Å². The molecule has 1 amide bonds. The van der Waals surface area contributed by atoms with Crippen LogP contribution in [0.1, 0.15) is 29.9 Å². The number of para-hydroxylation sites is 1. The predicted octanol–water partition coefficient (Wildman–Crippen LogP) is 2.75. The van der Waals surface area contributed by atoms with Crippen LogP contribution in [0.2, 0.25) is 0 Å². The molecule has 3 aromatic rings. The Morgan fingerprint density at radius 3 is 2.21 bits per heavy atom. The summed E-state index contributed by atoms with van der Waals surface area (Å²) < 4.78 is 22.3. The van der Waals surface area contributed by atoms with E-state index in [-0.39, 0.29) is 17.9 Å². The first-order valence-electron chi connectivity index (χ1n) is 12.8. The van der Waals surface area contributed by atoms with Crippen LogP contribution in [0.25, 0.3) is 0 Å². The van der Waals surface area contributed by atoms with E-state index in [4.69, 9.17) is 29.8 Å². The number of carbonyl (C=O) groups is 1. The average Bonchev–Trinajstić information content (AvgIpc) is 3.38. The molecule has 3 aromatic carbocycles. The number of hydrogen-bond donors (Lipinski definition) is 4. The van der Waals surface area contributed by atoms with E-state index in [1.165, 1.54) is 7.11 Å². The van der Waals surface area contributed by atoms with Crippen molar-refractivity contribution in [1.29, 1.82) is 0 Å². The van der Waals surface area contributed by atoms with Gasteiger partial charge in [-0.3, -0.25) is 4.79 Å². The highest BCUT2D eigenvalue weighted by Gasteiger charge is 2.68. The molecule has 1 saturated carbocycles. The molecule has 39 heavy (non-hydrogen) atoms. The van der Waals surface area contributed by atoms with Gasteiger partial charge in [0.1, 0.15) is 35.2 Å². The Hall–Kier alpha value is -3.79. The number of amides is 1. The van der Waals surface area contributed by atoms with Gasteiger partial charge in [0.2, 0.25) is 5.91 Å². The lowest BCUT2D eigenvalue weighted by Crippen LogP contribution is -2.44. The van der Waals surface area contributed by atoms with E-state index in [1.807, 2.05) is 60.7 Å². The molecular formula is C30H35NO8. The largest absolute Gasteiger partial charge is 0.497 e. The van der Waals surface area contributed by atoms with Gasteiger partial charge in [0, 0.05) is 24.7 Å². The topological polar surface area (TPSA) is 141 Å². The normalized spacial score (nSPS) is 24.4. The number of nitrogens with two attached hydrogens (primary N) is 1. The van der Waals surface area contributed by atoms with Crippen LogP contribution in [0.4, 0.5) is 0 Å². The van der Waals surface area contributed by atoms with E-state index >= 15 is 0 Å². The highest BCUT2D eigenvalue weighted by Crippen LogP contribution is 2.60. The number of rotatable bonds is 9. The van der Waals surface area contributed by atoms with E-state index in [2.05, 4.69) is 0 Å². The fourth-order valence-electron chi connectivity index (χ4n) is 5.34. The molecule has 1 heterocycles. The molecule has 5 rings (SSSR count). The van der Waals surface area contributed by atoms with Gasteiger partial charge < -0.3 is 40.0 Å². The lowest BCUT2D eigenvalue weighted by Gasteiger charge is -2.27. The molecular weight excluding hydrogens is 502 g/mol. The first-order valence-corrected chi connectivity index (χ1v) is 12.8. The molecule has 2 unspecified atom stereocenters. The lowest BCUT2D eigenvalue weighted by molar-refractivity contribution is -0.131. The number of fused-ring (bicyclic) bond motifs is 3. The third kappa shape index (κ3) is 5.52. The Morgan fingerprint density at radius 2 is 1.64 bits per heavy atom. The summed E-state index contributed by atoms with van der Waals surface area (Å²) in [7, 11) is 3.11. The molecule has 1 fully saturated rings. The Morgan fingerprint density at radius 1 is 0.974 bits per heavy atom. The first-order chi connectivity index (χ1) is 18.9. The van der Waals surface area contributed by atoms with Crippen molar-refractivity contribution in [2.75, 3.05) is 27.4 Å². The maximum Gasteiger partial charge on any atom is 0.224 e. The molecule has 0 radical (unpaired) electrons. The van der Waals surface area contributed by atoms with Crippen molar-refractivity contribution in [3.8, 4) is 23.0 Å². The maximum absolute atomic E-state index is 12.3. The summed E-state index contributed by atoms with van der Waals surface area (Å²) in [6, 6.07) is 22.0. The van der Waals surface area contributed by atoms with E-state index in [1.54, 1.807) is 19.2 Å². The molecule has 5 atom stereocenters. The summed E-state index contributed by atoms with van der Waals surface area (Å²) in [6.07, 6.45) is -1.11. The third-order valence-corrected chi connectivity index (χ3v) is 7.16. The van der Waals surface area contributed by atoms with Gasteiger partial charge >= 0.3 is 0 Å². The summed E-state index contributed by atoms with van der Waals surface area (Å²) in [5.74, 6) is -0.393. The van der Waals surface area contributed by atoms with Crippen LogP contribution in [0.3, 0.4) is 0 Å². The molecule has 5 N–H and O–H groups in total. The second-order valence-corrected chi connectivity index (χ2v) is 9.47. The highest BCUT2D eigenvalue weighted by molar-refractivity contribution is 5.80. The van der Waals surface area contributed by atoms with Crippen LogP contribution in [-0.4, -0.2) is 60.9 Å². The Balaban J connectivity index is 0.000000379. The standard InChI is InChI=1S/C23H27NO7.C7H8O/c1-29-15-11-14(30-10-6-5-9-25)12-16-19(15)23(28)20(26)18(22(24)27)17(21(23)31-16)13-7-3-2-4-8-13;1-8-7-5-3-2-4-6-7/h2-4,7-8,11-12,17-18,20-21,25-26,28H,5-6,9-10H2,1H3,(H2,24,27);2-6H,1H3/t17-,18-,20?,21?,23+;/m1./s1. The number of aliphatic hydroxyl groups is 3. The zero-order valence-corrected chi connectivity index (χ0v) is 22.0. The van der Waals surface area contributed by atoms with Crippen molar-refractivity contribution in [2.45, 2.75) is 36.6 Å². The van der Waals surface area contributed by atoms with Crippen molar-refractivity contribution in [3.63, 3.8) is 0 Å². The smallest absolute Gasteiger partial charge is 0.224 e. The van der Waals surface area contributed by atoms with Crippen LogP contribution in [0.5, 0.6) is 23.0 Å². The second kappa shape index (κ2) is 12.4. The Bertz CT molecular complexity index is 1240. The van der Waals surface area contributed by atoms with Crippen molar-refractivity contribution in [3.05, 3.63) is 83.9 Å². The number of hydrogen-bond acceptors (Lipinski definition) is 8. The minimum atomic E-state index is -1.88. The average molecular weight is 538 g/mol. The van der Waals surface area contributed by atoms with Gasteiger partial charge in [-0.1, -0.05) is 48.5 Å². The molecule has 0 aromatic heterocycles. The van der Waals surface area contributed by atoms with Crippen LogP contribution in [-0.2, 0) is 10.4 Å². The third-order valence-electron chi connectivity index (χ3n) is 7.16. The van der Waals surface area contributed by atoms with Crippen molar-refractivity contribution in [1.82, 2.24) is 0 Å². The molecule has 0 bridgehead atoms. The minimum Gasteiger partial charge on any atom is -0.497 e. The summed E-state index contributed by atoms with van der Waals surface area (Å²) in [4.78, 5) is 12.3. The molecule has 0 spiro atoms. The van der Waals surface area contributed by atoms with E-state index < -0.39 is 35.6 Å². The van der Waals surface area contributed by atoms with Gasteiger partial charge in [-0.15, -0.1) is 0 Å². The van der Waals surface area contributed by atoms with E-state index in [9.17, 15) is 15.0 Å². The fraction of sp³-hybridized carbons (Fsp3) is 0.367. The Labute approximate surface area is 227 Å². The molecule has 1 aliphatic heterocycles. The van der Waals surface area contributed by atoms with Gasteiger partial charge in [-0.05, 0) is 30.5 Å². The predicted molar refractivity (Wildman–Crippen MR) is 144 cm³/mol. The number of methoxy groups -OCH3 is 2. The highest BCUT2D eigenvalue weighted by atomic mass is 16.5. The van der Waals surface area contributed by atoms with Gasteiger partial charge in [-0.25, -0.2) is 0 Å². The monoisotopic (exact) mass is 537 g/mol. The van der Waals surface area contributed by atoms with Gasteiger partial charge in [0.15, 0.2) is 5.60 Å². The summed E-state index contributed by atoms with van der Waals surface area (Å²) in [6.45, 7) is 0.490. The molecule has 1 aliphatic carbocycles. The summed E-state index contributed by atoms with van der Waals surface area (Å²) in [5.41, 5.74) is 4.77. The van der Waals surface area contributed by atoms with E-state index in [0.29, 0.717) is 30.9 Å². The SMILES string of the molecule is COc1cc(OCCCCO)cc2c1[C@]1(O)C(O)[C@H](C(N)=O)[C@@H](c3ccccc3)C1O2.COc1ccccc1. The number of primary amides is 1. The molecule has 208 valence electrons. The number of aliphatic hydroxyl groups excluding tert-OH is 2. The van der Waals surface area contributed by atoms with Crippen LogP contribution >= 0.6 is 0 Å². The molecule has 9 nitrogen and oxygen atoms in total. The van der Waals surface area contributed by atoms with Crippen LogP contribution in [0, 0.1) is 5.92 Å². The lowest BCUT2D eigenvalue weighted by atomic mass is 9.86. The van der Waals surface area contributed by atoms with E-state index in [0.717, 1.165) is 11.3 Å². The van der Waals surface area contributed by atoms with Crippen LogP contribution in [0.15, 0.2) is 72.8 Å². The zero-order valence-electron chi connectivity index (χ0n) is 22.0. The quantitative estimate of drug-likeness (QED) is 0.306. The first kappa shape index (κ1) is 28.2. The number of ether oxygens (including phenoxy) is 4. The number of benzene rings is 3. The van der Waals surface area contributed by atoms with Gasteiger partial charge in [-0.2, -0.15) is 0 Å². The zero-order chi connectivity index (χ0) is 28.0. The number of carbonyl (C=O) groups excluding carboxylic acids is 1. The molecule has 9 heteroatoms. The van der Waals surface area contributed by atoms with Crippen LogP contribution < -0.4 is 24.7 Å². The maximum atomic E-state index is 12.3.